The van der Waals surface area contributed by atoms with Crippen LogP contribution in [0.15, 0.2) is 57.7 Å². The molecule has 0 fully saturated rings. The van der Waals surface area contributed by atoms with Gasteiger partial charge in [-0.2, -0.15) is 0 Å². The topological polar surface area (TPSA) is 138 Å². The largest absolute Gasteiger partial charge is 0.485 e. The van der Waals surface area contributed by atoms with Crippen molar-refractivity contribution in [1.82, 2.24) is 15.4 Å². The van der Waals surface area contributed by atoms with Crippen LogP contribution < -0.4 is 26.1 Å². The molecule has 0 saturated heterocycles. The summed E-state index contributed by atoms with van der Waals surface area (Å²) in [6.45, 7) is -1.11. The standard InChI is InChI=1S/C20H17N3O8/c24-17(21-22-19(26)16-10-28-14-7-3-4-8-15(14)30-16)11-29-18(25)9-23-12-5-1-2-6-13(12)31-20(23)27/h1-8,16H,9-11H2,(H,21,24)(H,22,26). The Labute approximate surface area is 174 Å². The van der Waals surface area contributed by atoms with E-state index in [4.69, 9.17) is 18.6 Å². The van der Waals surface area contributed by atoms with Crippen molar-refractivity contribution in [3.63, 3.8) is 0 Å². The third-order valence-electron chi connectivity index (χ3n) is 4.35. The number of hydrazine groups is 1. The molecule has 160 valence electrons. The van der Waals surface area contributed by atoms with Gasteiger partial charge in [-0.15, -0.1) is 0 Å². The van der Waals surface area contributed by atoms with Crippen molar-refractivity contribution in [2.75, 3.05) is 13.2 Å². The van der Waals surface area contributed by atoms with Crippen LogP contribution in [0.4, 0.5) is 0 Å². The maximum Gasteiger partial charge on any atom is 0.420 e. The Morgan fingerprint density at radius 1 is 1.03 bits per heavy atom. The lowest BCUT2D eigenvalue weighted by molar-refractivity contribution is -0.149. The van der Waals surface area contributed by atoms with Crippen LogP contribution in [-0.4, -0.2) is 41.7 Å². The Kier molecular flexibility index (Phi) is 5.56. The summed E-state index contributed by atoms with van der Waals surface area (Å²) >= 11 is 0. The van der Waals surface area contributed by atoms with Crippen molar-refractivity contribution in [2.24, 2.45) is 0 Å². The molecular weight excluding hydrogens is 410 g/mol. The lowest BCUT2D eigenvalue weighted by Crippen LogP contribution is -2.51. The predicted molar refractivity (Wildman–Crippen MR) is 104 cm³/mol. The number of hydrogen-bond acceptors (Lipinski definition) is 8. The summed E-state index contributed by atoms with van der Waals surface area (Å²) in [5.74, 6) is -2.01. The molecule has 1 aliphatic heterocycles. The number of carbonyl (C=O) groups excluding carboxylic acids is 3. The molecule has 11 nitrogen and oxygen atoms in total. The molecular formula is C20H17N3O8. The summed E-state index contributed by atoms with van der Waals surface area (Å²) in [4.78, 5) is 47.8. The Morgan fingerprint density at radius 2 is 1.77 bits per heavy atom. The second-order valence-corrected chi connectivity index (χ2v) is 6.48. The Bertz CT molecular complexity index is 1200. The summed E-state index contributed by atoms with van der Waals surface area (Å²) in [6.07, 6.45) is -0.959. The van der Waals surface area contributed by atoms with E-state index >= 15 is 0 Å². The van der Waals surface area contributed by atoms with Crippen LogP contribution in [0, 0.1) is 0 Å². The molecule has 2 heterocycles. The molecule has 11 heteroatoms. The number of para-hydroxylation sites is 4. The third kappa shape index (κ3) is 4.50. The van der Waals surface area contributed by atoms with E-state index in [-0.39, 0.29) is 6.61 Å². The van der Waals surface area contributed by atoms with Crippen molar-refractivity contribution in [3.05, 3.63) is 59.1 Å². The van der Waals surface area contributed by atoms with Crippen molar-refractivity contribution >= 4 is 28.9 Å². The summed E-state index contributed by atoms with van der Waals surface area (Å²) in [5, 5.41) is 0. The number of nitrogens with zero attached hydrogens (tertiary/aromatic N) is 1. The highest BCUT2D eigenvalue weighted by Gasteiger charge is 2.27. The average Bonchev–Trinajstić information content (AvgIpc) is 3.10. The molecule has 2 aromatic carbocycles. The highest BCUT2D eigenvalue weighted by Crippen LogP contribution is 2.30. The van der Waals surface area contributed by atoms with Gasteiger partial charge in [0.05, 0.1) is 5.52 Å². The minimum Gasteiger partial charge on any atom is -0.485 e. The van der Waals surface area contributed by atoms with Crippen LogP contribution in [0.2, 0.25) is 0 Å². The van der Waals surface area contributed by atoms with Crippen LogP contribution in [0.3, 0.4) is 0 Å². The van der Waals surface area contributed by atoms with E-state index in [1.807, 2.05) is 0 Å². The fourth-order valence-corrected chi connectivity index (χ4v) is 2.88. The first kappa shape index (κ1) is 20.0. The van der Waals surface area contributed by atoms with Crippen LogP contribution in [0.5, 0.6) is 11.5 Å². The van der Waals surface area contributed by atoms with Gasteiger partial charge in [-0.1, -0.05) is 24.3 Å². The zero-order chi connectivity index (χ0) is 21.8. The van der Waals surface area contributed by atoms with Gasteiger partial charge in [0.25, 0.3) is 11.8 Å². The monoisotopic (exact) mass is 427 g/mol. The van der Waals surface area contributed by atoms with E-state index in [1.165, 1.54) is 0 Å². The predicted octanol–water partition coefficient (Wildman–Crippen LogP) is 0.125. The molecule has 31 heavy (non-hydrogen) atoms. The number of fused-ring (bicyclic) bond motifs is 2. The van der Waals surface area contributed by atoms with E-state index in [1.54, 1.807) is 48.5 Å². The molecule has 1 aliphatic rings. The van der Waals surface area contributed by atoms with Gasteiger partial charge in [0.2, 0.25) is 6.10 Å². The minimum atomic E-state index is -0.959. The smallest absolute Gasteiger partial charge is 0.420 e. The van der Waals surface area contributed by atoms with Crippen LogP contribution in [0.25, 0.3) is 11.1 Å². The Balaban J connectivity index is 1.23. The maximum atomic E-state index is 12.1. The molecule has 2 N–H and O–H groups in total. The molecule has 0 spiro atoms. The number of esters is 1. The van der Waals surface area contributed by atoms with Gasteiger partial charge >= 0.3 is 11.7 Å². The normalized spacial score (nSPS) is 14.6. The number of amides is 2. The number of ether oxygens (including phenoxy) is 3. The second kappa shape index (κ2) is 8.61. The second-order valence-electron chi connectivity index (χ2n) is 6.48. The number of rotatable bonds is 5. The molecule has 2 amide bonds. The number of oxazole rings is 1. The quantitative estimate of drug-likeness (QED) is 0.433. The molecule has 0 bridgehead atoms. The summed E-state index contributed by atoms with van der Waals surface area (Å²) in [7, 11) is 0. The van der Waals surface area contributed by atoms with Crippen molar-refractivity contribution in [1.29, 1.82) is 0 Å². The van der Waals surface area contributed by atoms with Gasteiger partial charge in [0.1, 0.15) is 13.2 Å². The minimum absolute atomic E-state index is 0.0267. The van der Waals surface area contributed by atoms with E-state index < -0.39 is 42.8 Å². The number of hydrogen-bond donors (Lipinski definition) is 2. The lowest BCUT2D eigenvalue weighted by Gasteiger charge is -2.25. The average molecular weight is 427 g/mol. The van der Waals surface area contributed by atoms with E-state index in [0.29, 0.717) is 22.6 Å². The first-order chi connectivity index (χ1) is 15.0. The highest BCUT2D eigenvalue weighted by atomic mass is 16.6. The zero-order valence-corrected chi connectivity index (χ0v) is 16.0. The first-order valence-corrected chi connectivity index (χ1v) is 9.22. The molecule has 0 radical (unpaired) electrons. The van der Waals surface area contributed by atoms with Crippen LogP contribution in [0.1, 0.15) is 0 Å². The summed E-state index contributed by atoms with van der Waals surface area (Å²) in [6, 6.07) is 13.5. The molecule has 0 saturated carbocycles. The zero-order valence-electron chi connectivity index (χ0n) is 16.0. The van der Waals surface area contributed by atoms with E-state index in [9.17, 15) is 19.2 Å². The van der Waals surface area contributed by atoms with Crippen LogP contribution >= 0.6 is 0 Å². The molecule has 1 atom stereocenters. The SMILES string of the molecule is O=C(COC(=O)Cn1c(=O)oc2ccccc21)NNC(=O)C1COc2ccccc2O1. The highest BCUT2D eigenvalue weighted by molar-refractivity contribution is 5.86. The Morgan fingerprint density at radius 3 is 2.61 bits per heavy atom. The van der Waals surface area contributed by atoms with Gasteiger partial charge in [-0.3, -0.25) is 29.8 Å². The van der Waals surface area contributed by atoms with Gasteiger partial charge in [-0.05, 0) is 24.3 Å². The molecule has 4 rings (SSSR count). The van der Waals surface area contributed by atoms with Crippen molar-refractivity contribution < 1.29 is 33.0 Å². The number of carbonyl (C=O) groups is 3. The fourth-order valence-electron chi connectivity index (χ4n) is 2.88. The first-order valence-electron chi connectivity index (χ1n) is 9.22. The molecule has 1 aromatic heterocycles. The van der Waals surface area contributed by atoms with Crippen molar-refractivity contribution in [3.8, 4) is 11.5 Å². The van der Waals surface area contributed by atoms with Crippen molar-refractivity contribution in [2.45, 2.75) is 12.6 Å². The summed E-state index contributed by atoms with van der Waals surface area (Å²) < 4.78 is 21.9. The third-order valence-corrected chi connectivity index (χ3v) is 4.35. The van der Waals surface area contributed by atoms with E-state index in [2.05, 4.69) is 10.9 Å². The van der Waals surface area contributed by atoms with Gasteiger partial charge in [0, 0.05) is 0 Å². The van der Waals surface area contributed by atoms with Gasteiger partial charge in [0.15, 0.2) is 23.7 Å². The van der Waals surface area contributed by atoms with E-state index in [0.717, 1.165) is 4.57 Å². The van der Waals surface area contributed by atoms with Gasteiger partial charge < -0.3 is 18.6 Å². The number of benzene rings is 2. The number of aromatic nitrogens is 1. The molecule has 0 aliphatic carbocycles. The molecule has 1 unspecified atom stereocenters. The van der Waals surface area contributed by atoms with Gasteiger partial charge in [-0.25, -0.2) is 4.79 Å². The van der Waals surface area contributed by atoms with Crippen LogP contribution in [-0.2, 0) is 25.7 Å². The lowest BCUT2D eigenvalue weighted by atomic mass is 10.2. The maximum absolute atomic E-state index is 12.1. The fraction of sp³-hybridized carbons (Fsp3) is 0.200. The summed E-state index contributed by atoms with van der Waals surface area (Å²) in [5.41, 5.74) is 5.06. The Hall–Kier alpha value is -4.28. The number of nitrogens with one attached hydrogen (secondary N) is 2. The molecule has 3 aromatic rings.